The van der Waals surface area contributed by atoms with Crippen LogP contribution in [0.4, 0.5) is 4.39 Å². The lowest BCUT2D eigenvalue weighted by Gasteiger charge is -2.13. The average Bonchev–Trinajstić information content (AvgIpc) is 2.01. The fourth-order valence-electron chi connectivity index (χ4n) is 1.29. The molecule has 0 aliphatic heterocycles. The zero-order valence-electron chi connectivity index (χ0n) is 8.06. The van der Waals surface area contributed by atoms with Gasteiger partial charge in [-0.25, -0.2) is 4.39 Å². The van der Waals surface area contributed by atoms with E-state index in [1.807, 2.05) is 6.92 Å². The Hall–Kier alpha value is -0.420. The van der Waals surface area contributed by atoms with E-state index in [4.69, 9.17) is 5.73 Å². The molecule has 2 N–H and O–H groups in total. The van der Waals surface area contributed by atoms with Gasteiger partial charge in [-0.1, -0.05) is 11.6 Å². The van der Waals surface area contributed by atoms with Crippen LogP contribution in [0.3, 0.4) is 0 Å². The number of hydrogen-bond donors (Lipinski definition) is 1. The van der Waals surface area contributed by atoms with E-state index in [-0.39, 0.29) is 11.9 Å². The molecule has 1 aromatic rings. The summed E-state index contributed by atoms with van der Waals surface area (Å²) >= 11 is 2.10. The number of hydrogen-bond acceptors (Lipinski definition) is 1. The Balaban J connectivity index is 2.90. The summed E-state index contributed by atoms with van der Waals surface area (Å²) in [5, 5.41) is 0. The molecule has 1 nitrogen and oxygen atoms in total. The van der Waals surface area contributed by atoms with Crippen molar-refractivity contribution in [3.8, 4) is 0 Å². The first kappa shape index (κ1) is 11.7. The van der Waals surface area contributed by atoms with Crippen molar-refractivity contribution < 1.29 is 4.39 Å². The van der Waals surface area contributed by atoms with Crippen LogP contribution < -0.4 is 5.73 Å². The van der Waals surface area contributed by atoms with Crippen LogP contribution in [-0.4, -0.2) is 0 Å². The van der Waals surface area contributed by atoms with Crippen molar-refractivity contribution in [3.05, 3.63) is 45.3 Å². The van der Waals surface area contributed by atoms with Crippen LogP contribution in [0.2, 0.25) is 0 Å². The first-order valence-corrected chi connectivity index (χ1v) is 5.43. The van der Waals surface area contributed by atoms with Gasteiger partial charge in [0.05, 0.1) is 0 Å². The second kappa shape index (κ2) is 4.89. The first-order valence-electron chi connectivity index (χ1n) is 4.35. The van der Waals surface area contributed by atoms with E-state index in [2.05, 4.69) is 29.2 Å². The average molecular weight is 305 g/mol. The smallest absolute Gasteiger partial charge is 0.124 e. The maximum absolute atomic E-state index is 12.8. The normalized spacial score (nSPS) is 12.6. The zero-order chi connectivity index (χ0) is 10.7. The maximum atomic E-state index is 12.8. The van der Waals surface area contributed by atoms with Crippen molar-refractivity contribution in [1.82, 2.24) is 0 Å². The lowest BCUT2D eigenvalue weighted by atomic mass is 10.0. The predicted octanol–water partition coefficient (Wildman–Crippen LogP) is 3.40. The molecule has 0 fully saturated rings. The topological polar surface area (TPSA) is 26.0 Å². The molecular weight excluding hydrogens is 292 g/mol. The van der Waals surface area contributed by atoms with Crippen molar-refractivity contribution in [1.29, 1.82) is 0 Å². The van der Waals surface area contributed by atoms with Crippen molar-refractivity contribution in [2.75, 3.05) is 0 Å². The van der Waals surface area contributed by atoms with Crippen LogP contribution in [-0.2, 0) is 0 Å². The molecule has 1 aromatic carbocycles. The van der Waals surface area contributed by atoms with E-state index < -0.39 is 0 Å². The summed E-state index contributed by atoms with van der Waals surface area (Å²) in [6.07, 6.45) is 0.738. The van der Waals surface area contributed by atoms with E-state index in [0.717, 1.165) is 21.1 Å². The van der Waals surface area contributed by atoms with Crippen molar-refractivity contribution in [2.24, 2.45) is 5.73 Å². The quantitative estimate of drug-likeness (QED) is 0.672. The molecule has 76 valence electrons. The third-order valence-corrected chi connectivity index (χ3v) is 2.86. The second-order valence-corrected chi connectivity index (χ2v) is 4.60. The molecule has 1 rings (SSSR count). The monoisotopic (exact) mass is 305 g/mol. The highest BCUT2D eigenvalue weighted by Gasteiger charge is 2.10. The van der Waals surface area contributed by atoms with Crippen LogP contribution in [0.5, 0.6) is 0 Å². The van der Waals surface area contributed by atoms with Gasteiger partial charge in [0.25, 0.3) is 0 Å². The SMILES string of the molecule is C=C(C)CC(N)c1ccc(F)cc1I. The maximum Gasteiger partial charge on any atom is 0.124 e. The van der Waals surface area contributed by atoms with Gasteiger partial charge in [0.1, 0.15) is 5.82 Å². The molecule has 0 saturated carbocycles. The van der Waals surface area contributed by atoms with Gasteiger partial charge in [-0.3, -0.25) is 0 Å². The molecule has 0 amide bonds. The molecule has 3 heteroatoms. The number of nitrogens with two attached hydrogens (primary N) is 1. The molecule has 0 aromatic heterocycles. The summed E-state index contributed by atoms with van der Waals surface area (Å²) < 4.78 is 13.7. The molecule has 0 bridgehead atoms. The fourth-order valence-corrected chi connectivity index (χ4v) is 2.16. The van der Waals surface area contributed by atoms with Gasteiger partial charge >= 0.3 is 0 Å². The second-order valence-electron chi connectivity index (χ2n) is 3.43. The van der Waals surface area contributed by atoms with Crippen molar-refractivity contribution in [3.63, 3.8) is 0 Å². The highest BCUT2D eigenvalue weighted by molar-refractivity contribution is 14.1. The van der Waals surface area contributed by atoms with Gasteiger partial charge in [-0.15, -0.1) is 6.58 Å². The lowest BCUT2D eigenvalue weighted by Crippen LogP contribution is -2.12. The first-order chi connectivity index (χ1) is 6.50. The van der Waals surface area contributed by atoms with Gasteiger partial charge in [0.15, 0.2) is 0 Å². The molecule has 0 heterocycles. The summed E-state index contributed by atoms with van der Waals surface area (Å²) in [5.74, 6) is -0.222. The van der Waals surface area contributed by atoms with Crippen molar-refractivity contribution in [2.45, 2.75) is 19.4 Å². The van der Waals surface area contributed by atoms with Gasteiger partial charge in [0.2, 0.25) is 0 Å². The summed E-state index contributed by atoms with van der Waals surface area (Å²) in [6.45, 7) is 5.75. The van der Waals surface area contributed by atoms with Gasteiger partial charge in [-0.2, -0.15) is 0 Å². The predicted molar refractivity (Wildman–Crippen MR) is 65.5 cm³/mol. The van der Waals surface area contributed by atoms with Gasteiger partial charge < -0.3 is 5.73 Å². The Labute approximate surface area is 97.3 Å². The number of rotatable bonds is 3. The molecule has 0 radical (unpaired) electrons. The van der Waals surface area contributed by atoms with Gasteiger partial charge in [0, 0.05) is 9.61 Å². The molecule has 0 saturated heterocycles. The van der Waals surface area contributed by atoms with E-state index >= 15 is 0 Å². The van der Waals surface area contributed by atoms with Crippen molar-refractivity contribution >= 4 is 22.6 Å². The molecule has 0 aliphatic rings. The number of halogens is 2. The molecule has 1 atom stereocenters. The molecule has 14 heavy (non-hydrogen) atoms. The highest BCUT2D eigenvalue weighted by atomic mass is 127. The van der Waals surface area contributed by atoms with Crippen LogP contribution in [0.25, 0.3) is 0 Å². The fraction of sp³-hybridized carbons (Fsp3) is 0.273. The zero-order valence-corrected chi connectivity index (χ0v) is 10.2. The Morgan fingerprint density at radius 3 is 2.79 bits per heavy atom. The minimum absolute atomic E-state index is 0.0833. The lowest BCUT2D eigenvalue weighted by molar-refractivity contribution is 0.622. The van der Waals surface area contributed by atoms with Gasteiger partial charge in [-0.05, 0) is 53.6 Å². The van der Waals surface area contributed by atoms with Crippen LogP contribution in [0.15, 0.2) is 30.4 Å². The Bertz CT molecular complexity index is 349. The summed E-state index contributed by atoms with van der Waals surface area (Å²) in [6, 6.07) is 4.59. The molecular formula is C11H13FIN. The summed E-state index contributed by atoms with van der Waals surface area (Å²) in [7, 11) is 0. The minimum Gasteiger partial charge on any atom is -0.324 e. The summed E-state index contributed by atoms with van der Waals surface area (Å²) in [5.41, 5.74) is 7.98. The third-order valence-electron chi connectivity index (χ3n) is 1.93. The van der Waals surface area contributed by atoms with E-state index in [0.29, 0.717) is 0 Å². The molecule has 0 aliphatic carbocycles. The Morgan fingerprint density at radius 2 is 2.29 bits per heavy atom. The van der Waals surface area contributed by atoms with Crippen LogP contribution in [0, 0.1) is 9.39 Å². The standard InChI is InChI=1S/C11H13FIN/c1-7(2)5-11(14)9-4-3-8(12)6-10(9)13/h3-4,6,11H,1,5,14H2,2H3. The Kier molecular flexibility index (Phi) is 4.07. The highest BCUT2D eigenvalue weighted by Crippen LogP contribution is 2.23. The van der Waals surface area contributed by atoms with Crippen LogP contribution in [0.1, 0.15) is 24.9 Å². The minimum atomic E-state index is -0.222. The summed E-state index contributed by atoms with van der Waals surface area (Å²) in [4.78, 5) is 0. The third kappa shape index (κ3) is 3.06. The van der Waals surface area contributed by atoms with Crippen LogP contribution >= 0.6 is 22.6 Å². The van der Waals surface area contributed by atoms with E-state index in [1.165, 1.54) is 12.1 Å². The molecule has 0 spiro atoms. The number of benzene rings is 1. The van der Waals surface area contributed by atoms with E-state index in [1.54, 1.807) is 6.07 Å². The van der Waals surface area contributed by atoms with E-state index in [9.17, 15) is 4.39 Å². The largest absolute Gasteiger partial charge is 0.324 e. The Morgan fingerprint density at radius 1 is 1.64 bits per heavy atom. The molecule has 1 unspecified atom stereocenters.